The zero-order valence-electron chi connectivity index (χ0n) is 7.68. The molecule has 0 radical (unpaired) electrons. The van der Waals surface area contributed by atoms with Crippen LogP contribution in [-0.2, 0) is 9.09 Å². The van der Waals surface area contributed by atoms with Crippen LogP contribution in [0.3, 0.4) is 0 Å². The lowest BCUT2D eigenvalue weighted by Gasteiger charge is -2.08. The molecule has 1 aliphatic heterocycles. The fraction of sp³-hybridized carbons (Fsp3) is 0.200. The molecule has 0 amide bonds. The van der Waals surface area contributed by atoms with Gasteiger partial charge in [-0.3, -0.25) is 4.57 Å². The van der Waals surface area contributed by atoms with Gasteiger partial charge in [-0.1, -0.05) is 30.3 Å². The van der Waals surface area contributed by atoms with Crippen LogP contribution < -0.4 is 0 Å². The van der Waals surface area contributed by atoms with Gasteiger partial charge in [-0.2, -0.15) is 0 Å². The molecule has 74 valence electrons. The normalized spacial score (nSPS) is 31.0. The molecule has 0 spiro atoms. The first-order valence-electron chi connectivity index (χ1n) is 4.36. The molecule has 0 aliphatic carbocycles. The second-order valence-corrected chi connectivity index (χ2v) is 6.70. The van der Waals surface area contributed by atoms with E-state index in [0.29, 0.717) is 5.76 Å². The molecular weight excluding hydrogens is 219 g/mol. The molecule has 0 N–H and O–H groups in total. The Labute approximate surface area is 87.8 Å². The molecule has 4 heteroatoms. The molecule has 0 saturated heterocycles. The fourth-order valence-corrected chi connectivity index (χ4v) is 2.61. The summed E-state index contributed by atoms with van der Waals surface area (Å²) in [5.74, 6) is 0.622. The Hall–Kier alpha value is -0.720. The largest absolute Gasteiger partial charge is 0.432 e. The van der Waals surface area contributed by atoms with Crippen LogP contribution in [-0.4, -0.2) is 5.66 Å². The molecule has 0 fully saturated rings. The summed E-state index contributed by atoms with van der Waals surface area (Å²) in [4.78, 5) is 0. The number of hydrogen-bond donors (Lipinski definition) is 0. The van der Waals surface area contributed by atoms with E-state index >= 15 is 0 Å². The molecule has 1 aromatic rings. The molecule has 1 heterocycles. The van der Waals surface area contributed by atoms with Gasteiger partial charge in [-0.05, 0) is 24.2 Å². The average molecular weight is 229 g/mol. The van der Waals surface area contributed by atoms with E-state index < -0.39 is 6.72 Å². The van der Waals surface area contributed by atoms with Crippen LogP contribution in [0.5, 0.6) is 0 Å². The van der Waals surface area contributed by atoms with Crippen molar-refractivity contribution in [3.05, 3.63) is 42.0 Å². The lowest BCUT2D eigenvalue weighted by atomic mass is 10.2. The zero-order chi connectivity index (χ0) is 10.2. The summed E-state index contributed by atoms with van der Waals surface area (Å²) in [5, 5.41) is 0. The van der Waals surface area contributed by atoms with E-state index in [9.17, 15) is 4.57 Å². The van der Waals surface area contributed by atoms with Crippen molar-refractivity contribution in [2.45, 2.75) is 12.6 Å². The third-order valence-corrected chi connectivity index (χ3v) is 4.86. The molecule has 0 aromatic heterocycles. The van der Waals surface area contributed by atoms with Gasteiger partial charge in [-0.15, -0.1) is 0 Å². The van der Waals surface area contributed by atoms with E-state index in [4.69, 9.17) is 15.8 Å². The molecule has 2 atom stereocenters. The lowest BCUT2D eigenvalue weighted by Crippen LogP contribution is -1.87. The lowest BCUT2D eigenvalue weighted by molar-refractivity contribution is 0.484. The van der Waals surface area contributed by atoms with Crippen molar-refractivity contribution in [2.24, 2.45) is 0 Å². The van der Waals surface area contributed by atoms with Crippen molar-refractivity contribution in [3.63, 3.8) is 0 Å². The molecule has 1 aromatic carbocycles. The smallest absolute Gasteiger partial charge is 0.343 e. The standard InChI is InChI=1S/C10H10ClO2P/c1-8-7-10(13-14(8,11)12)9-5-3-2-4-6-9/h2-8H,1H3. The van der Waals surface area contributed by atoms with Gasteiger partial charge >= 0.3 is 6.72 Å². The van der Waals surface area contributed by atoms with Crippen LogP contribution in [0, 0.1) is 0 Å². The highest BCUT2D eigenvalue weighted by molar-refractivity contribution is 7.86. The van der Waals surface area contributed by atoms with E-state index in [2.05, 4.69) is 0 Å². The van der Waals surface area contributed by atoms with Gasteiger partial charge in [0.15, 0.2) is 0 Å². The molecule has 2 rings (SSSR count). The molecule has 2 unspecified atom stereocenters. The number of hydrogen-bond acceptors (Lipinski definition) is 2. The van der Waals surface area contributed by atoms with Gasteiger partial charge in [0.2, 0.25) is 0 Å². The molecule has 14 heavy (non-hydrogen) atoms. The Morgan fingerprint density at radius 3 is 2.50 bits per heavy atom. The maximum Gasteiger partial charge on any atom is 0.343 e. The second-order valence-electron chi connectivity index (χ2n) is 3.25. The van der Waals surface area contributed by atoms with Crippen molar-refractivity contribution in [2.75, 3.05) is 0 Å². The van der Waals surface area contributed by atoms with Crippen LogP contribution in [0.1, 0.15) is 12.5 Å². The Morgan fingerprint density at radius 2 is 2.00 bits per heavy atom. The van der Waals surface area contributed by atoms with E-state index in [1.165, 1.54) is 0 Å². The SMILES string of the molecule is CC1C=C(c2ccccc2)OP1(=O)Cl. The van der Waals surface area contributed by atoms with Crippen LogP contribution >= 0.6 is 18.0 Å². The van der Waals surface area contributed by atoms with Gasteiger partial charge in [0.05, 0.1) is 5.66 Å². The topological polar surface area (TPSA) is 26.3 Å². The van der Waals surface area contributed by atoms with E-state index in [1.54, 1.807) is 6.92 Å². The molecule has 2 nitrogen and oxygen atoms in total. The van der Waals surface area contributed by atoms with E-state index in [-0.39, 0.29) is 5.66 Å². The second kappa shape index (κ2) is 3.45. The van der Waals surface area contributed by atoms with Gasteiger partial charge < -0.3 is 4.52 Å². The van der Waals surface area contributed by atoms with Crippen LogP contribution in [0.25, 0.3) is 5.76 Å². The molecule has 1 aliphatic rings. The predicted octanol–water partition coefficient (Wildman–Crippen LogP) is 3.88. The Morgan fingerprint density at radius 1 is 1.36 bits per heavy atom. The summed E-state index contributed by atoms with van der Waals surface area (Å²) >= 11 is 5.74. The third kappa shape index (κ3) is 1.73. The molecular formula is C10H10ClO2P. The predicted molar refractivity (Wildman–Crippen MR) is 58.4 cm³/mol. The zero-order valence-corrected chi connectivity index (χ0v) is 9.33. The minimum Gasteiger partial charge on any atom is -0.432 e. The number of allylic oxidation sites excluding steroid dienone is 1. The van der Waals surface area contributed by atoms with E-state index in [0.717, 1.165) is 5.56 Å². The minimum absolute atomic E-state index is 0.209. The maximum atomic E-state index is 11.6. The summed E-state index contributed by atoms with van der Waals surface area (Å²) in [6, 6.07) is 9.54. The Kier molecular flexibility index (Phi) is 2.42. The van der Waals surface area contributed by atoms with Crippen molar-refractivity contribution in [1.29, 1.82) is 0 Å². The summed E-state index contributed by atoms with van der Waals surface area (Å²) < 4.78 is 16.8. The van der Waals surface area contributed by atoms with Gasteiger partial charge in [0.1, 0.15) is 5.76 Å². The monoisotopic (exact) mass is 228 g/mol. The molecule has 0 bridgehead atoms. The third-order valence-electron chi connectivity index (χ3n) is 2.16. The van der Waals surface area contributed by atoms with Crippen molar-refractivity contribution < 1.29 is 9.09 Å². The highest BCUT2D eigenvalue weighted by Crippen LogP contribution is 2.64. The summed E-state index contributed by atoms with van der Waals surface area (Å²) in [5.41, 5.74) is 0.706. The summed E-state index contributed by atoms with van der Waals surface area (Å²) in [6.45, 7) is -1.18. The quantitative estimate of drug-likeness (QED) is 0.682. The summed E-state index contributed by atoms with van der Waals surface area (Å²) in [6.07, 6.45) is 1.81. The van der Waals surface area contributed by atoms with Crippen molar-refractivity contribution >= 4 is 23.7 Å². The summed E-state index contributed by atoms with van der Waals surface area (Å²) in [7, 11) is 0. The average Bonchev–Trinajstić information content (AvgIpc) is 2.43. The van der Waals surface area contributed by atoms with Crippen molar-refractivity contribution in [1.82, 2.24) is 0 Å². The first kappa shape index (κ1) is 9.82. The van der Waals surface area contributed by atoms with Crippen LogP contribution in [0.2, 0.25) is 0 Å². The highest BCUT2D eigenvalue weighted by Gasteiger charge is 2.35. The van der Waals surface area contributed by atoms with E-state index in [1.807, 2.05) is 36.4 Å². The minimum atomic E-state index is -2.98. The van der Waals surface area contributed by atoms with Crippen molar-refractivity contribution in [3.8, 4) is 0 Å². The first-order chi connectivity index (χ1) is 6.59. The number of halogens is 1. The van der Waals surface area contributed by atoms with Crippen LogP contribution in [0.15, 0.2) is 36.4 Å². The van der Waals surface area contributed by atoms with Crippen LogP contribution in [0.4, 0.5) is 0 Å². The van der Waals surface area contributed by atoms with Gasteiger partial charge in [0.25, 0.3) is 0 Å². The fourth-order valence-electron chi connectivity index (χ4n) is 1.31. The van der Waals surface area contributed by atoms with Gasteiger partial charge in [-0.25, -0.2) is 0 Å². The maximum absolute atomic E-state index is 11.6. The van der Waals surface area contributed by atoms with Gasteiger partial charge in [0, 0.05) is 5.56 Å². The Bertz CT molecular complexity index is 413. The number of benzene rings is 1. The molecule has 0 saturated carbocycles. The number of rotatable bonds is 1. The Balaban J connectivity index is 2.33. The first-order valence-corrected chi connectivity index (χ1v) is 6.96. The highest BCUT2D eigenvalue weighted by atomic mass is 35.7.